The Morgan fingerprint density at radius 2 is 2.17 bits per heavy atom. The first kappa shape index (κ1) is 13.0. The van der Waals surface area contributed by atoms with Crippen molar-refractivity contribution in [3.8, 4) is 0 Å². The highest BCUT2D eigenvalue weighted by atomic mass is 16.5. The molecule has 7 heteroatoms. The summed E-state index contributed by atoms with van der Waals surface area (Å²) in [5, 5.41) is 4.80. The fourth-order valence-electron chi connectivity index (χ4n) is 2.17. The van der Waals surface area contributed by atoms with Crippen LogP contribution < -0.4 is 16.4 Å². The van der Waals surface area contributed by atoms with Gasteiger partial charge >= 0.3 is 0 Å². The number of carbonyl (C=O) groups excluding carboxylic acids is 3. The summed E-state index contributed by atoms with van der Waals surface area (Å²) >= 11 is 0. The van der Waals surface area contributed by atoms with Gasteiger partial charge in [-0.15, -0.1) is 0 Å². The molecule has 4 N–H and O–H groups in total. The van der Waals surface area contributed by atoms with Gasteiger partial charge in [0.1, 0.15) is 12.1 Å². The molecule has 3 atom stereocenters. The van der Waals surface area contributed by atoms with E-state index in [2.05, 4.69) is 10.6 Å². The molecule has 0 bridgehead atoms. The van der Waals surface area contributed by atoms with Crippen LogP contribution in [0.3, 0.4) is 0 Å². The fourth-order valence-corrected chi connectivity index (χ4v) is 2.17. The van der Waals surface area contributed by atoms with Gasteiger partial charge < -0.3 is 15.8 Å². The number of carbonyl (C=O) groups is 3. The number of amides is 3. The molecule has 3 unspecified atom stereocenters. The SMILES string of the molecule is NCC1CCC(C(=O)NC2CCC(=O)NC2=O)O1. The monoisotopic (exact) mass is 255 g/mol. The van der Waals surface area contributed by atoms with E-state index in [1.54, 1.807) is 0 Å². The van der Waals surface area contributed by atoms with Gasteiger partial charge in [0.05, 0.1) is 6.10 Å². The van der Waals surface area contributed by atoms with Gasteiger partial charge in [0.2, 0.25) is 17.7 Å². The van der Waals surface area contributed by atoms with Crippen LogP contribution in [0.5, 0.6) is 0 Å². The topological polar surface area (TPSA) is 111 Å². The Morgan fingerprint density at radius 3 is 2.78 bits per heavy atom. The zero-order valence-corrected chi connectivity index (χ0v) is 9.98. The van der Waals surface area contributed by atoms with E-state index in [1.165, 1.54) is 0 Å². The summed E-state index contributed by atoms with van der Waals surface area (Å²) in [5.41, 5.74) is 5.46. The summed E-state index contributed by atoms with van der Waals surface area (Å²) in [6.07, 6.45) is 1.33. The van der Waals surface area contributed by atoms with E-state index in [1.807, 2.05) is 0 Å². The number of hydrogen-bond donors (Lipinski definition) is 3. The molecule has 100 valence electrons. The zero-order chi connectivity index (χ0) is 13.1. The first-order valence-corrected chi connectivity index (χ1v) is 6.09. The molecule has 7 nitrogen and oxygen atoms in total. The largest absolute Gasteiger partial charge is 0.364 e. The normalized spacial score (nSPS) is 32.2. The van der Waals surface area contributed by atoms with Gasteiger partial charge in [-0.25, -0.2) is 0 Å². The molecule has 0 radical (unpaired) electrons. The van der Waals surface area contributed by atoms with Gasteiger partial charge in [0, 0.05) is 13.0 Å². The molecule has 2 fully saturated rings. The molecular weight excluding hydrogens is 238 g/mol. The molecule has 0 aliphatic carbocycles. The average Bonchev–Trinajstić information content (AvgIpc) is 2.81. The average molecular weight is 255 g/mol. The smallest absolute Gasteiger partial charge is 0.249 e. The summed E-state index contributed by atoms with van der Waals surface area (Å²) in [6, 6.07) is -0.643. The van der Waals surface area contributed by atoms with Gasteiger partial charge in [-0.2, -0.15) is 0 Å². The van der Waals surface area contributed by atoms with Crippen LogP contribution in [0.4, 0.5) is 0 Å². The minimum Gasteiger partial charge on any atom is -0.364 e. The lowest BCUT2D eigenvalue weighted by Gasteiger charge is -2.23. The lowest BCUT2D eigenvalue weighted by molar-refractivity contribution is -0.140. The summed E-state index contributed by atoms with van der Waals surface area (Å²) in [7, 11) is 0. The molecule has 0 saturated carbocycles. The van der Waals surface area contributed by atoms with E-state index in [-0.39, 0.29) is 24.3 Å². The van der Waals surface area contributed by atoms with Crippen molar-refractivity contribution in [2.24, 2.45) is 5.73 Å². The lowest BCUT2D eigenvalue weighted by atomic mass is 10.1. The Morgan fingerprint density at radius 1 is 1.39 bits per heavy atom. The number of hydrogen-bond acceptors (Lipinski definition) is 5. The Labute approximate surface area is 104 Å². The Kier molecular flexibility index (Phi) is 3.93. The summed E-state index contributed by atoms with van der Waals surface area (Å²) < 4.78 is 5.43. The minimum atomic E-state index is -0.643. The summed E-state index contributed by atoms with van der Waals surface area (Å²) in [5.74, 6) is -1.06. The van der Waals surface area contributed by atoms with Crippen molar-refractivity contribution in [2.45, 2.75) is 43.9 Å². The maximum Gasteiger partial charge on any atom is 0.249 e. The highest BCUT2D eigenvalue weighted by molar-refractivity contribution is 6.01. The number of nitrogens with one attached hydrogen (secondary N) is 2. The molecule has 3 amide bonds. The van der Waals surface area contributed by atoms with Gasteiger partial charge in [-0.1, -0.05) is 0 Å². The molecule has 0 aromatic heterocycles. The molecule has 2 aliphatic rings. The highest BCUT2D eigenvalue weighted by Crippen LogP contribution is 2.19. The van der Waals surface area contributed by atoms with Crippen LogP contribution in [-0.4, -0.2) is 42.5 Å². The molecule has 18 heavy (non-hydrogen) atoms. The quantitative estimate of drug-likeness (QED) is 0.527. The van der Waals surface area contributed by atoms with E-state index in [4.69, 9.17) is 10.5 Å². The van der Waals surface area contributed by atoms with Gasteiger partial charge in [0.15, 0.2) is 0 Å². The van der Waals surface area contributed by atoms with Crippen molar-refractivity contribution in [1.29, 1.82) is 0 Å². The van der Waals surface area contributed by atoms with Crippen molar-refractivity contribution >= 4 is 17.7 Å². The first-order chi connectivity index (χ1) is 8.60. The first-order valence-electron chi connectivity index (χ1n) is 6.09. The molecular formula is C11H17N3O4. The molecule has 2 aliphatic heterocycles. The predicted octanol–water partition coefficient (Wildman–Crippen LogP) is -1.59. The third-order valence-corrected chi connectivity index (χ3v) is 3.22. The van der Waals surface area contributed by atoms with Crippen molar-refractivity contribution in [3.05, 3.63) is 0 Å². The molecule has 0 spiro atoms. The second-order valence-electron chi connectivity index (χ2n) is 4.57. The van der Waals surface area contributed by atoms with Crippen molar-refractivity contribution in [3.63, 3.8) is 0 Å². The van der Waals surface area contributed by atoms with Gasteiger partial charge in [-0.3, -0.25) is 19.7 Å². The van der Waals surface area contributed by atoms with Crippen LogP contribution in [-0.2, 0) is 19.1 Å². The third-order valence-electron chi connectivity index (χ3n) is 3.22. The minimum absolute atomic E-state index is 0.0810. The van der Waals surface area contributed by atoms with Crippen LogP contribution in [0.2, 0.25) is 0 Å². The lowest BCUT2D eigenvalue weighted by Crippen LogP contribution is -2.54. The zero-order valence-electron chi connectivity index (χ0n) is 9.98. The molecule has 2 rings (SSSR count). The molecule has 0 aromatic rings. The molecule has 0 aromatic carbocycles. The van der Waals surface area contributed by atoms with E-state index in [0.717, 1.165) is 6.42 Å². The van der Waals surface area contributed by atoms with Crippen LogP contribution in [0, 0.1) is 0 Å². The number of piperidine rings is 1. The number of imide groups is 1. The fraction of sp³-hybridized carbons (Fsp3) is 0.727. The number of nitrogens with two attached hydrogens (primary N) is 1. The van der Waals surface area contributed by atoms with E-state index in [0.29, 0.717) is 19.4 Å². The Balaban J connectivity index is 1.84. The van der Waals surface area contributed by atoms with Crippen molar-refractivity contribution in [2.75, 3.05) is 6.54 Å². The number of ether oxygens (including phenoxy) is 1. The highest BCUT2D eigenvalue weighted by Gasteiger charge is 2.34. The maximum atomic E-state index is 11.9. The third kappa shape index (κ3) is 2.85. The molecule has 2 saturated heterocycles. The van der Waals surface area contributed by atoms with Crippen LogP contribution in [0.15, 0.2) is 0 Å². The van der Waals surface area contributed by atoms with E-state index >= 15 is 0 Å². The van der Waals surface area contributed by atoms with Crippen molar-refractivity contribution < 1.29 is 19.1 Å². The van der Waals surface area contributed by atoms with Crippen LogP contribution in [0.25, 0.3) is 0 Å². The van der Waals surface area contributed by atoms with E-state index < -0.39 is 18.1 Å². The van der Waals surface area contributed by atoms with Gasteiger partial charge in [0.25, 0.3) is 0 Å². The van der Waals surface area contributed by atoms with Crippen LogP contribution >= 0.6 is 0 Å². The summed E-state index contributed by atoms with van der Waals surface area (Å²) in [6.45, 7) is 0.391. The predicted molar refractivity (Wildman–Crippen MR) is 61.3 cm³/mol. The van der Waals surface area contributed by atoms with Crippen LogP contribution in [0.1, 0.15) is 25.7 Å². The second-order valence-corrected chi connectivity index (χ2v) is 4.57. The second kappa shape index (κ2) is 5.45. The Bertz CT molecular complexity index is 371. The summed E-state index contributed by atoms with van der Waals surface area (Å²) in [4.78, 5) is 34.3. The number of rotatable bonds is 3. The molecule has 2 heterocycles. The maximum absolute atomic E-state index is 11.9. The van der Waals surface area contributed by atoms with Gasteiger partial charge in [-0.05, 0) is 19.3 Å². The standard InChI is InChI=1S/C11H17N3O4/c12-5-6-1-3-8(18-6)11(17)13-7-2-4-9(15)14-10(7)16/h6-8H,1-5,12H2,(H,13,17)(H,14,15,16). The van der Waals surface area contributed by atoms with E-state index in [9.17, 15) is 14.4 Å². The Hall–Kier alpha value is -1.47. The van der Waals surface area contributed by atoms with Crippen molar-refractivity contribution in [1.82, 2.24) is 10.6 Å².